The minimum absolute atomic E-state index is 0.0694. The maximum Gasteiger partial charge on any atom is 0.265 e. The summed E-state index contributed by atoms with van der Waals surface area (Å²) in [5.74, 6) is -0.524. The molecule has 2 aromatic rings. The Morgan fingerprint density at radius 1 is 1.39 bits per heavy atom. The smallest absolute Gasteiger partial charge is 0.265 e. The van der Waals surface area contributed by atoms with E-state index in [1.165, 1.54) is 17.3 Å². The van der Waals surface area contributed by atoms with Gasteiger partial charge in [0.2, 0.25) is 0 Å². The number of alkyl halides is 1. The third-order valence-corrected chi connectivity index (χ3v) is 7.39. The lowest BCUT2D eigenvalue weighted by atomic mass is 10.0. The molecule has 0 radical (unpaired) electrons. The zero-order valence-corrected chi connectivity index (χ0v) is 18.1. The van der Waals surface area contributed by atoms with E-state index in [1.54, 1.807) is 16.3 Å². The van der Waals surface area contributed by atoms with E-state index in [4.69, 9.17) is 16.2 Å². The number of ether oxygens (including phenoxy) is 1. The predicted octanol–water partition coefficient (Wildman–Crippen LogP) is 1.73. The molecule has 1 amide bonds. The topological polar surface area (TPSA) is 128 Å². The number of halogens is 1. The second-order valence-electron chi connectivity index (χ2n) is 8.26. The Kier molecular flexibility index (Phi) is 5.27. The maximum atomic E-state index is 14.1. The minimum Gasteiger partial charge on any atom is -0.369 e. The summed E-state index contributed by atoms with van der Waals surface area (Å²) in [5, 5.41) is 13.7. The van der Waals surface area contributed by atoms with Crippen molar-refractivity contribution in [3.63, 3.8) is 0 Å². The van der Waals surface area contributed by atoms with Gasteiger partial charge in [-0.1, -0.05) is 11.8 Å². The molecule has 1 fully saturated rings. The summed E-state index contributed by atoms with van der Waals surface area (Å²) in [6.07, 6.45) is 4.20. The third kappa shape index (κ3) is 3.44. The Morgan fingerprint density at radius 3 is 3.03 bits per heavy atom. The summed E-state index contributed by atoms with van der Waals surface area (Å²) < 4.78 is 21.7. The van der Waals surface area contributed by atoms with Gasteiger partial charge in [0.05, 0.1) is 29.9 Å². The monoisotopic (exact) mass is 447 g/mol. The van der Waals surface area contributed by atoms with Crippen LogP contribution in [0.3, 0.4) is 0 Å². The molecular weight excluding hydrogens is 421 g/mol. The van der Waals surface area contributed by atoms with Crippen molar-refractivity contribution in [1.82, 2.24) is 20.0 Å². The lowest BCUT2D eigenvalue weighted by Crippen LogP contribution is -2.32. The number of carbonyl (C=O) groups is 1. The molecule has 3 aliphatic rings. The molecule has 9 nitrogen and oxygen atoms in total. The Balaban J connectivity index is 1.55. The van der Waals surface area contributed by atoms with Crippen LogP contribution in [0.25, 0.3) is 0 Å². The molecule has 2 aromatic heterocycles. The highest BCUT2D eigenvalue weighted by Crippen LogP contribution is 2.49. The van der Waals surface area contributed by atoms with Crippen molar-refractivity contribution >= 4 is 23.4 Å². The molecule has 1 aliphatic carbocycles. The van der Waals surface area contributed by atoms with Crippen LogP contribution < -0.4 is 16.4 Å². The fourth-order valence-electron chi connectivity index (χ4n) is 4.69. The van der Waals surface area contributed by atoms with Gasteiger partial charge in [-0.15, -0.1) is 0 Å². The number of rotatable bonds is 4. The number of carbonyl (C=O) groups excluding carboxylic acids is 1. The lowest BCUT2D eigenvalue weighted by Gasteiger charge is -2.29. The summed E-state index contributed by atoms with van der Waals surface area (Å²) in [7, 11) is 1.82. The third-order valence-electron chi connectivity index (χ3n) is 6.34. The van der Waals surface area contributed by atoms with E-state index in [0.717, 1.165) is 36.3 Å². The fraction of sp³-hybridized carbons (Fsp3) is 0.550. The molecule has 0 spiro atoms. The van der Waals surface area contributed by atoms with Gasteiger partial charge in [-0.25, -0.2) is 4.39 Å². The quantitative estimate of drug-likeness (QED) is 0.651. The van der Waals surface area contributed by atoms with Gasteiger partial charge in [0, 0.05) is 24.2 Å². The van der Waals surface area contributed by atoms with Crippen LogP contribution in [0, 0.1) is 0 Å². The average Bonchev–Trinajstić information content (AvgIpc) is 3.49. The number of nitrogens with zero attached hydrogens (tertiary/aromatic N) is 4. The van der Waals surface area contributed by atoms with E-state index in [9.17, 15) is 9.18 Å². The Labute approximate surface area is 183 Å². The van der Waals surface area contributed by atoms with Crippen molar-refractivity contribution in [2.24, 2.45) is 18.5 Å². The molecule has 11 heteroatoms. The first kappa shape index (κ1) is 20.5. The second kappa shape index (κ2) is 7.95. The first-order valence-corrected chi connectivity index (χ1v) is 11.4. The predicted molar refractivity (Wildman–Crippen MR) is 115 cm³/mol. The second-order valence-corrected chi connectivity index (χ2v) is 9.22. The summed E-state index contributed by atoms with van der Waals surface area (Å²) in [6.45, 7) is -0.0694. The Morgan fingerprint density at radius 2 is 2.23 bits per heavy atom. The van der Waals surface area contributed by atoms with Crippen LogP contribution >= 0.6 is 11.8 Å². The van der Waals surface area contributed by atoms with Crippen LogP contribution in [0.15, 0.2) is 17.3 Å². The highest BCUT2D eigenvalue weighted by Gasteiger charge is 2.40. The Hall–Kier alpha value is -2.37. The fourth-order valence-corrected chi connectivity index (χ4v) is 5.85. The number of H-pyrrole nitrogens is 1. The molecule has 1 saturated heterocycles. The van der Waals surface area contributed by atoms with Gasteiger partial charge in [-0.2, -0.15) is 10.2 Å². The number of amides is 1. The van der Waals surface area contributed by atoms with E-state index in [1.807, 2.05) is 11.9 Å². The number of aromatic amines is 1. The first-order valence-electron chi connectivity index (χ1n) is 10.5. The number of anilines is 1. The van der Waals surface area contributed by atoms with Gasteiger partial charge in [0.1, 0.15) is 23.3 Å². The minimum atomic E-state index is -1.20. The van der Waals surface area contributed by atoms with Crippen molar-refractivity contribution < 1.29 is 13.9 Å². The molecule has 0 saturated carbocycles. The number of primary amides is 1. The molecular formula is C20H26FN7O2S. The largest absolute Gasteiger partial charge is 0.369 e. The number of hydrogen-bond acceptors (Lipinski definition) is 7. The highest BCUT2D eigenvalue weighted by atomic mass is 32.2. The van der Waals surface area contributed by atoms with Crippen LogP contribution in [-0.4, -0.2) is 44.7 Å². The molecule has 0 bridgehead atoms. The summed E-state index contributed by atoms with van der Waals surface area (Å²) >= 11 is 1.50. The molecule has 0 aromatic carbocycles. The number of nitrogens with one attached hydrogen (secondary N) is 1. The van der Waals surface area contributed by atoms with Gasteiger partial charge in [-0.05, 0) is 37.7 Å². The van der Waals surface area contributed by atoms with Crippen LogP contribution in [-0.2, 0) is 29.4 Å². The van der Waals surface area contributed by atoms with Gasteiger partial charge in [0.25, 0.3) is 5.91 Å². The number of aryl methyl sites for hydroxylation is 2. The summed E-state index contributed by atoms with van der Waals surface area (Å²) in [5.41, 5.74) is 16.8. The molecule has 166 valence electrons. The zero-order valence-electron chi connectivity index (χ0n) is 17.3. The summed E-state index contributed by atoms with van der Waals surface area (Å²) in [6, 6.07) is -0.551. The van der Waals surface area contributed by atoms with Crippen molar-refractivity contribution in [1.29, 1.82) is 0 Å². The van der Waals surface area contributed by atoms with Gasteiger partial charge < -0.3 is 21.1 Å². The van der Waals surface area contributed by atoms with Crippen molar-refractivity contribution in [3.05, 3.63) is 39.9 Å². The lowest BCUT2D eigenvalue weighted by molar-refractivity contribution is -0.114. The molecule has 5 rings (SSSR count). The van der Waals surface area contributed by atoms with Crippen molar-refractivity contribution in [2.75, 3.05) is 11.5 Å². The SMILES string of the molecule is Cn1ncc(N2C(C(N)=O)=CSC2c2n[nH]c3c2CCC3)c1[C@@H]1CC[C@@H](N)[C@H](F)CO1. The van der Waals surface area contributed by atoms with Crippen LogP contribution in [0.4, 0.5) is 10.1 Å². The van der Waals surface area contributed by atoms with E-state index in [0.29, 0.717) is 24.2 Å². The molecule has 2 aliphatic heterocycles. The molecule has 4 atom stereocenters. The number of thioether (sulfide) groups is 1. The van der Waals surface area contributed by atoms with E-state index in [2.05, 4.69) is 15.3 Å². The normalized spacial score (nSPS) is 28.5. The van der Waals surface area contributed by atoms with Crippen LogP contribution in [0.1, 0.15) is 53.4 Å². The molecule has 5 N–H and O–H groups in total. The van der Waals surface area contributed by atoms with Crippen LogP contribution in [0.2, 0.25) is 0 Å². The number of nitrogens with two attached hydrogens (primary N) is 2. The average molecular weight is 448 g/mol. The molecule has 31 heavy (non-hydrogen) atoms. The Bertz CT molecular complexity index is 1020. The number of fused-ring (bicyclic) bond motifs is 1. The molecule has 1 unspecified atom stereocenters. The van der Waals surface area contributed by atoms with E-state index < -0.39 is 18.1 Å². The van der Waals surface area contributed by atoms with E-state index >= 15 is 0 Å². The highest BCUT2D eigenvalue weighted by molar-refractivity contribution is 8.02. The van der Waals surface area contributed by atoms with Crippen LogP contribution in [0.5, 0.6) is 0 Å². The van der Waals surface area contributed by atoms with Crippen molar-refractivity contribution in [3.8, 4) is 0 Å². The standard InChI is InChI=1S/C20H26FN7O2S/c1-27-18(16-6-5-12(22)11(21)8-30-16)14(7-24-27)28-15(19(23)29)9-31-20(28)17-10-3-2-4-13(10)25-26-17/h7,9,11-12,16,20H,2-6,8,22H2,1H3,(H2,23,29)(H,25,26)/t11-,12-,16+,20?/m1/s1. The molecule has 4 heterocycles. The first-order chi connectivity index (χ1) is 15.0. The van der Waals surface area contributed by atoms with Gasteiger partial charge in [-0.3, -0.25) is 14.6 Å². The van der Waals surface area contributed by atoms with E-state index in [-0.39, 0.29) is 18.1 Å². The van der Waals surface area contributed by atoms with Gasteiger partial charge in [0.15, 0.2) is 0 Å². The summed E-state index contributed by atoms with van der Waals surface area (Å²) in [4.78, 5) is 14.2. The number of hydrogen-bond donors (Lipinski definition) is 3. The zero-order chi connectivity index (χ0) is 21.7. The van der Waals surface area contributed by atoms with Gasteiger partial charge >= 0.3 is 0 Å². The maximum absolute atomic E-state index is 14.1. The number of aromatic nitrogens is 4. The van der Waals surface area contributed by atoms with Crippen molar-refractivity contribution in [2.45, 2.75) is 55.8 Å².